The van der Waals surface area contributed by atoms with Crippen molar-refractivity contribution in [3.05, 3.63) is 118 Å². The van der Waals surface area contributed by atoms with Gasteiger partial charge in [0.1, 0.15) is 12.6 Å². The summed E-state index contributed by atoms with van der Waals surface area (Å²) in [6, 6.07) is 25.4. The number of rotatable bonds is 14. The number of amides is 2. The summed E-state index contributed by atoms with van der Waals surface area (Å²) in [5, 5.41) is 3.63. The Balaban J connectivity index is 1.61. The molecule has 264 valence electrons. The van der Waals surface area contributed by atoms with Gasteiger partial charge in [0.25, 0.3) is 10.0 Å². The lowest BCUT2D eigenvalue weighted by molar-refractivity contribution is -0.140. The van der Waals surface area contributed by atoms with Crippen molar-refractivity contribution in [2.24, 2.45) is 0 Å². The van der Waals surface area contributed by atoms with Crippen LogP contribution in [0.5, 0.6) is 11.5 Å². The van der Waals surface area contributed by atoms with Gasteiger partial charge in [-0.15, -0.1) is 0 Å². The smallest absolute Gasteiger partial charge is 0.264 e. The second kappa shape index (κ2) is 16.4. The number of nitrogens with zero attached hydrogens (tertiary/aromatic N) is 2. The molecule has 11 heteroatoms. The maximum atomic E-state index is 14.8. The van der Waals surface area contributed by atoms with E-state index in [0.29, 0.717) is 22.0 Å². The summed E-state index contributed by atoms with van der Waals surface area (Å²) in [5.74, 6) is -0.256. The van der Waals surface area contributed by atoms with E-state index in [1.165, 1.54) is 37.3 Å². The number of hydrogen-bond acceptors (Lipinski definition) is 6. The van der Waals surface area contributed by atoms with Crippen LogP contribution in [0.1, 0.15) is 47.9 Å². The van der Waals surface area contributed by atoms with E-state index in [1.54, 1.807) is 30.3 Å². The van der Waals surface area contributed by atoms with Crippen molar-refractivity contribution >= 4 is 39.1 Å². The fourth-order valence-electron chi connectivity index (χ4n) is 6.46. The molecule has 0 unspecified atom stereocenters. The lowest BCUT2D eigenvalue weighted by Gasteiger charge is -2.34. The fraction of sp³-hybridized carbons (Fsp3) is 0.333. The average Bonchev–Trinajstić information content (AvgIpc) is 3.62. The van der Waals surface area contributed by atoms with Gasteiger partial charge < -0.3 is 19.7 Å². The maximum Gasteiger partial charge on any atom is 0.264 e. The maximum absolute atomic E-state index is 14.8. The van der Waals surface area contributed by atoms with Crippen molar-refractivity contribution in [3.8, 4) is 11.5 Å². The van der Waals surface area contributed by atoms with Gasteiger partial charge in [0.2, 0.25) is 11.8 Å². The second-order valence-corrected chi connectivity index (χ2v) is 15.0. The van der Waals surface area contributed by atoms with Crippen LogP contribution in [0.15, 0.2) is 95.9 Å². The van der Waals surface area contributed by atoms with Crippen LogP contribution in [-0.2, 0) is 32.6 Å². The Bertz CT molecular complexity index is 1890. The largest absolute Gasteiger partial charge is 0.493 e. The normalized spacial score (nSPS) is 13.8. The van der Waals surface area contributed by atoms with Gasteiger partial charge in [0, 0.05) is 30.1 Å². The van der Waals surface area contributed by atoms with Crippen LogP contribution in [0.2, 0.25) is 5.02 Å². The molecule has 1 N–H and O–H groups in total. The molecule has 0 bridgehead atoms. The molecule has 9 nitrogen and oxygen atoms in total. The van der Waals surface area contributed by atoms with Crippen molar-refractivity contribution in [3.63, 3.8) is 0 Å². The number of carbonyl (C=O) groups excluding carboxylic acids is 2. The van der Waals surface area contributed by atoms with E-state index in [9.17, 15) is 18.0 Å². The zero-order chi connectivity index (χ0) is 35.8. The highest BCUT2D eigenvalue weighted by molar-refractivity contribution is 7.92. The van der Waals surface area contributed by atoms with Gasteiger partial charge in [-0.05, 0) is 79.3 Å². The lowest BCUT2D eigenvalue weighted by Crippen LogP contribution is -2.54. The van der Waals surface area contributed by atoms with Crippen LogP contribution < -0.4 is 19.1 Å². The van der Waals surface area contributed by atoms with Gasteiger partial charge in [-0.2, -0.15) is 0 Å². The molecule has 1 fully saturated rings. The number of hydrogen-bond donors (Lipinski definition) is 1. The van der Waals surface area contributed by atoms with E-state index in [2.05, 4.69) is 5.32 Å². The molecule has 1 aliphatic carbocycles. The molecule has 0 radical (unpaired) electrons. The van der Waals surface area contributed by atoms with E-state index in [4.69, 9.17) is 21.1 Å². The summed E-state index contributed by atoms with van der Waals surface area (Å²) in [4.78, 5) is 30.4. The number of methoxy groups -OCH3 is 2. The van der Waals surface area contributed by atoms with E-state index in [1.807, 2.05) is 56.3 Å². The first-order valence-corrected chi connectivity index (χ1v) is 18.5. The Kier molecular flexibility index (Phi) is 12.1. The summed E-state index contributed by atoms with van der Waals surface area (Å²) < 4.78 is 41.0. The molecule has 50 heavy (non-hydrogen) atoms. The Morgan fingerprint density at radius 3 is 2.14 bits per heavy atom. The number of anilines is 1. The lowest BCUT2D eigenvalue weighted by atomic mass is 10.0. The third-order valence-corrected chi connectivity index (χ3v) is 11.1. The molecule has 1 saturated carbocycles. The van der Waals surface area contributed by atoms with E-state index >= 15 is 0 Å². The molecule has 0 spiro atoms. The van der Waals surface area contributed by atoms with E-state index < -0.39 is 28.5 Å². The minimum absolute atomic E-state index is 0.00874. The molecular formula is C39H44ClN3O6S. The molecule has 1 aliphatic rings. The van der Waals surface area contributed by atoms with Gasteiger partial charge in [0.05, 0.1) is 24.8 Å². The molecule has 0 aliphatic heterocycles. The standard InChI is InChI=1S/C39H44ClN3O6S/c1-27-20-28(2)22-32(21-27)43(50(46,47)33-18-19-36(48-3)37(24-33)49-4)26-38(44)42(25-30-14-8-11-17-34(30)40)35(23-29-12-6-5-7-13-29)39(45)41-31-15-9-10-16-31/h5-8,11-14,17-22,24,31,35H,9-10,15-16,23,25-26H2,1-4H3,(H,41,45)/t35-/m1/s1. The summed E-state index contributed by atoms with van der Waals surface area (Å²) in [5.41, 5.74) is 3.46. The summed E-state index contributed by atoms with van der Waals surface area (Å²) in [6.45, 7) is 3.15. The van der Waals surface area contributed by atoms with Gasteiger partial charge in [0.15, 0.2) is 11.5 Å². The SMILES string of the molecule is COc1ccc(S(=O)(=O)N(CC(=O)N(Cc2ccccc2Cl)[C@H](Cc2ccccc2)C(=O)NC2CCCC2)c2cc(C)cc(C)c2)cc1OC. The highest BCUT2D eigenvalue weighted by atomic mass is 35.5. The van der Waals surface area contributed by atoms with Gasteiger partial charge in [-0.25, -0.2) is 8.42 Å². The first kappa shape index (κ1) is 36.7. The third-order valence-electron chi connectivity index (χ3n) is 8.99. The minimum Gasteiger partial charge on any atom is -0.493 e. The van der Waals surface area contributed by atoms with Gasteiger partial charge in [-0.1, -0.05) is 79.0 Å². The van der Waals surface area contributed by atoms with Crippen LogP contribution in [0, 0.1) is 13.8 Å². The number of benzene rings is 4. The number of nitrogens with one attached hydrogen (secondary N) is 1. The van der Waals surface area contributed by atoms with Crippen molar-refractivity contribution in [2.45, 2.75) is 69.5 Å². The van der Waals surface area contributed by atoms with Crippen LogP contribution in [-0.4, -0.2) is 58.0 Å². The van der Waals surface area contributed by atoms with Crippen molar-refractivity contribution in [2.75, 3.05) is 25.1 Å². The number of sulfonamides is 1. The highest BCUT2D eigenvalue weighted by Crippen LogP contribution is 2.33. The molecule has 4 aromatic carbocycles. The van der Waals surface area contributed by atoms with Crippen LogP contribution in [0.3, 0.4) is 0 Å². The van der Waals surface area contributed by atoms with Crippen molar-refractivity contribution < 1.29 is 27.5 Å². The Labute approximate surface area is 300 Å². The second-order valence-electron chi connectivity index (χ2n) is 12.7. The molecule has 0 heterocycles. The van der Waals surface area contributed by atoms with Gasteiger partial charge >= 0.3 is 0 Å². The first-order chi connectivity index (χ1) is 24.0. The predicted molar refractivity (Wildman–Crippen MR) is 196 cm³/mol. The Morgan fingerprint density at radius 2 is 1.50 bits per heavy atom. The highest BCUT2D eigenvalue weighted by Gasteiger charge is 2.36. The third kappa shape index (κ3) is 8.78. The topological polar surface area (TPSA) is 105 Å². The van der Waals surface area contributed by atoms with E-state index in [0.717, 1.165) is 46.7 Å². The van der Waals surface area contributed by atoms with Crippen molar-refractivity contribution in [1.29, 1.82) is 0 Å². The van der Waals surface area contributed by atoms with Crippen LogP contribution in [0.4, 0.5) is 5.69 Å². The van der Waals surface area contributed by atoms with Crippen molar-refractivity contribution in [1.82, 2.24) is 10.2 Å². The van der Waals surface area contributed by atoms with E-state index in [-0.39, 0.29) is 35.6 Å². The summed E-state index contributed by atoms with van der Waals surface area (Å²) in [6.07, 6.45) is 4.01. The minimum atomic E-state index is -4.35. The molecule has 1 atom stereocenters. The Morgan fingerprint density at radius 1 is 0.860 bits per heavy atom. The summed E-state index contributed by atoms with van der Waals surface area (Å²) in [7, 11) is -1.46. The quantitative estimate of drug-likeness (QED) is 0.153. The molecule has 2 amide bonds. The molecule has 0 aromatic heterocycles. The predicted octanol–water partition coefficient (Wildman–Crippen LogP) is 6.87. The molecular weight excluding hydrogens is 674 g/mol. The Hall–Kier alpha value is -4.54. The number of aryl methyl sites for hydroxylation is 2. The zero-order valence-electron chi connectivity index (χ0n) is 28.9. The molecule has 5 rings (SSSR count). The monoisotopic (exact) mass is 717 g/mol. The summed E-state index contributed by atoms with van der Waals surface area (Å²) >= 11 is 6.63. The van der Waals surface area contributed by atoms with Crippen LogP contribution >= 0.6 is 11.6 Å². The molecule has 0 saturated heterocycles. The number of carbonyl (C=O) groups is 2. The number of ether oxygens (including phenoxy) is 2. The average molecular weight is 718 g/mol. The molecule has 4 aromatic rings. The first-order valence-electron chi connectivity index (χ1n) is 16.7. The van der Waals surface area contributed by atoms with Crippen LogP contribution in [0.25, 0.3) is 0 Å². The number of halogens is 1. The zero-order valence-corrected chi connectivity index (χ0v) is 30.5. The fourth-order valence-corrected chi connectivity index (χ4v) is 8.07. The van der Waals surface area contributed by atoms with Gasteiger partial charge in [-0.3, -0.25) is 13.9 Å².